The van der Waals surface area contributed by atoms with Crippen molar-refractivity contribution in [2.75, 3.05) is 0 Å². The molecule has 12 heavy (non-hydrogen) atoms. The van der Waals surface area contributed by atoms with Gasteiger partial charge in [-0.25, -0.2) is 0 Å². The van der Waals surface area contributed by atoms with E-state index in [0.717, 1.165) is 6.04 Å². The smallest absolute Gasteiger partial charge is 0.155 e. The minimum absolute atomic E-state index is 0.254. The van der Waals surface area contributed by atoms with Crippen LogP contribution in [0.4, 0.5) is 0 Å². The molecule has 0 aliphatic heterocycles. The van der Waals surface area contributed by atoms with Gasteiger partial charge in [0.2, 0.25) is 0 Å². The molecule has 0 fully saturated rings. The Kier molecular flexibility index (Phi) is 3.91. The van der Waals surface area contributed by atoms with Gasteiger partial charge in [0.15, 0.2) is 5.78 Å². The lowest BCUT2D eigenvalue weighted by Gasteiger charge is -2.25. The molecule has 0 aromatic carbocycles. The average Bonchev–Trinajstić information content (AvgIpc) is 1.85. The van der Waals surface area contributed by atoms with Crippen molar-refractivity contribution >= 4 is 14.6 Å². The van der Waals surface area contributed by atoms with Crippen molar-refractivity contribution in [3.05, 3.63) is 12.2 Å². The highest BCUT2D eigenvalue weighted by molar-refractivity contribution is 6.64. The first kappa shape index (κ1) is 11.6. The van der Waals surface area contributed by atoms with E-state index in [2.05, 4.69) is 33.9 Å². The number of rotatable bonds is 3. The second-order valence-electron chi connectivity index (χ2n) is 4.67. The zero-order valence-corrected chi connectivity index (χ0v) is 10.1. The summed E-state index contributed by atoms with van der Waals surface area (Å²) in [5.41, 5.74) is 0.707. The fraction of sp³-hybridized carbons (Fsp3) is 0.700. The number of carbonyl (C=O) groups is 1. The first-order chi connectivity index (χ1) is 5.25. The molecule has 1 unspecified atom stereocenters. The number of hydrogen-bond acceptors (Lipinski definition) is 1. The Hall–Kier alpha value is -0.373. The Morgan fingerprint density at radius 1 is 1.42 bits per heavy atom. The molecular weight excluding hydrogens is 164 g/mol. The van der Waals surface area contributed by atoms with E-state index in [0.29, 0.717) is 10.6 Å². The number of carbonyl (C=O) groups excluding carboxylic acids is 1. The van der Waals surface area contributed by atoms with Crippen LogP contribution in [0.5, 0.6) is 0 Å². The van der Waals surface area contributed by atoms with Crippen molar-refractivity contribution in [2.45, 2.75) is 45.3 Å². The highest BCUT2D eigenvalue weighted by Crippen LogP contribution is 2.29. The van der Waals surface area contributed by atoms with Crippen LogP contribution >= 0.6 is 0 Å². The number of hydrogen-bond donors (Lipinski definition) is 0. The quantitative estimate of drug-likeness (QED) is 0.487. The molecular formula is C10H20OSi. The largest absolute Gasteiger partial charge is 0.295 e. The van der Waals surface area contributed by atoms with Gasteiger partial charge in [-0.1, -0.05) is 33.9 Å². The SMILES string of the molecule is C=C(C)C(=O)C[SiH](C)C(C)(C)C. The zero-order chi connectivity index (χ0) is 9.94. The summed E-state index contributed by atoms with van der Waals surface area (Å²) in [6, 6.07) is 0.763. The summed E-state index contributed by atoms with van der Waals surface area (Å²) in [4.78, 5) is 11.3. The standard InChI is InChI=1S/C10H20OSi/c1-8(2)9(11)7-12(6)10(3,4)5/h12H,1,7H2,2-6H3. The van der Waals surface area contributed by atoms with E-state index in [9.17, 15) is 4.79 Å². The average molecular weight is 184 g/mol. The van der Waals surface area contributed by atoms with E-state index in [-0.39, 0.29) is 5.78 Å². The highest BCUT2D eigenvalue weighted by atomic mass is 28.3. The molecule has 0 saturated carbocycles. The summed E-state index contributed by atoms with van der Waals surface area (Å²) in [5.74, 6) is 0.254. The predicted molar refractivity (Wildman–Crippen MR) is 57.4 cm³/mol. The second kappa shape index (κ2) is 4.03. The molecule has 0 amide bonds. The van der Waals surface area contributed by atoms with Crippen LogP contribution in [0, 0.1) is 0 Å². The molecule has 0 aliphatic rings. The number of ketones is 1. The first-order valence-electron chi connectivity index (χ1n) is 4.44. The minimum Gasteiger partial charge on any atom is -0.295 e. The van der Waals surface area contributed by atoms with Crippen LogP contribution in [-0.4, -0.2) is 14.6 Å². The lowest BCUT2D eigenvalue weighted by Crippen LogP contribution is -2.24. The van der Waals surface area contributed by atoms with Gasteiger partial charge in [-0.05, 0) is 17.5 Å². The monoisotopic (exact) mass is 184 g/mol. The first-order valence-corrected chi connectivity index (χ1v) is 6.98. The Morgan fingerprint density at radius 3 is 2.08 bits per heavy atom. The van der Waals surface area contributed by atoms with Crippen LogP contribution in [0.1, 0.15) is 27.7 Å². The van der Waals surface area contributed by atoms with Crippen molar-refractivity contribution in [1.29, 1.82) is 0 Å². The van der Waals surface area contributed by atoms with Crippen molar-refractivity contribution in [3.63, 3.8) is 0 Å². The number of allylic oxidation sites excluding steroid dienone is 1. The van der Waals surface area contributed by atoms with E-state index in [1.54, 1.807) is 6.92 Å². The van der Waals surface area contributed by atoms with E-state index in [4.69, 9.17) is 0 Å². The summed E-state index contributed by atoms with van der Waals surface area (Å²) in [7, 11) is -0.915. The maximum atomic E-state index is 11.3. The minimum atomic E-state index is -0.915. The number of Topliss-reactive ketones (excluding diaryl/α,β-unsaturated/α-hetero) is 1. The summed E-state index contributed by atoms with van der Waals surface area (Å²) in [6.45, 7) is 14.4. The van der Waals surface area contributed by atoms with Gasteiger partial charge in [-0.3, -0.25) is 4.79 Å². The Morgan fingerprint density at radius 2 is 1.83 bits per heavy atom. The van der Waals surface area contributed by atoms with E-state index >= 15 is 0 Å². The molecule has 0 spiro atoms. The van der Waals surface area contributed by atoms with Crippen LogP contribution in [0.3, 0.4) is 0 Å². The van der Waals surface area contributed by atoms with Crippen LogP contribution < -0.4 is 0 Å². The summed E-state index contributed by atoms with van der Waals surface area (Å²) < 4.78 is 0. The Balaban J connectivity index is 4.11. The fourth-order valence-electron chi connectivity index (χ4n) is 0.759. The topological polar surface area (TPSA) is 17.1 Å². The second-order valence-corrected chi connectivity index (χ2v) is 8.62. The molecule has 0 aromatic heterocycles. The van der Waals surface area contributed by atoms with Gasteiger partial charge < -0.3 is 0 Å². The van der Waals surface area contributed by atoms with Crippen LogP contribution in [-0.2, 0) is 4.79 Å². The summed E-state index contributed by atoms with van der Waals surface area (Å²) in [6.07, 6.45) is 0. The van der Waals surface area contributed by atoms with Gasteiger partial charge in [0.1, 0.15) is 0 Å². The van der Waals surface area contributed by atoms with Crippen molar-refractivity contribution in [2.24, 2.45) is 0 Å². The van der Waals surface area contributed by atoms with Gasteiger partial charge >= 0.3 is 0 Å². The molecule has 0 heterocycles. The van der Waals surface area contributed by atoms with Crippen LogP contribution in [0.25, 0.3) is 0 Å². The van der Waals surface area contributed by atoms with Crippen molar-refractivity contribution in [1.82, 2.24) is 0 Å². The molecule has 0 rings (SSSR count). The van der Waals surface area contributed by atoms with Crippen molar-refractivity contribution in [3.8, 4) is 0 Å². The lowest BCUT2D eigenvalue weighted by atomic mass is 10.2. The molecule has 0 bridgehead atoms. The molecule has 0 aliphatic carbocycles. The molecule has 0 saturated heterocycles. The third-order valence-corrected chi connectivity index (χ3v) is 6.39. The van der Waals surface area contributed by atoms with Crippen LogP contribution in [0.2, 0.25) is 17.6 Å². The fourth-order valence-corrected chi connectivity index (χ4v) is 2.28. The summed E-state index contributed by atoms with van der Waals surface area (Å²) >= 11 is 0. The summed E-state index contributed by atoms with van der Waals surface area (Å²) in [5, 5.41) is 0.352. The molecule has 2 heteroatoms. The van der Waals surface area contributed by atoms with E-state index in [1.165, 1.54) is 0 Å². The van der Waals surface area contributed by atoms with Gasteiger partial charge in [0, 0.05) is 14.8 Å². The van der Waals surface area contributed by atoms with Crippen molar-refractivity contribution < 1.29 is 4.79 Å². The molecule has 1 nitrogen and oxygen atoms in total. The van der Waals surface area contributed by atoms with Gasteiger partial charge in [-0.15, -0.1) is 0 Å². The van der Waals surface area contributed by atoms with E-state index < -0.39 is 8.80 Å². The zero-order valence-electron chi connectivity index (χ0n) is 8.90. The highest BCUT2D eigenvalue weighted by Gasteiger charge is 2.23. The Labute approximate surface area is 77.5 Å². The molecule has 0 aromatic rings. The van der Waals surface area contributed by atoms with Gasteiger partial charge in [0.25, 0.3) is 0 Å². The maximum Gasteiger partial charge on any atom is 0.155 e. The van der Waals surface area contributed by atoms with Crippen LogP contribution in [0.15, 0.2) is 12.2 Å². The predicted octanol–water partition coefficient (Wildman–Crippen LogP) is 2.79. The molecule has 1 atom stereocenters. The van der Waals surface area contributed by atoms with E-state index in [1.807, 2.05) is 0 Å². The molecule has 0 N–H and O–H groups in total. The maximum absolute atomic E-state index is 11.3. The molecule has 0 radical (unpaired) electrons. The normalized spacial score (nSPS) is 14.1. The molecule has 70 valence electrons. The lowest BCUT2D eigenvalue weighted by molar-refractivity contribution is -0.113. The third kappa shape index (κ3) is 3.86. The van der Waals surface area contributed by atoms with Gasteiger partial charge in [-0.2, -0.15) is 0 Å². The van der Waals surface area contributed by atoms with Gasteiger partial charge in [0.05, 0.1) is 0 Å². The Bertz CT molecular complexity index is 189. The third-order valence-electron chi connectivity index (χ3n) is 2.45.